The Labute approximate surface area is 161 Å². The summed E-state index contributed by atoms with van der Waals surface area (Å²) in [4.78, 5) is 1.73. The summed E-state index contributed by atoms with van der Waals surface area (Å²) in [7, 11) is 2.05. The molecule has 3 N–H and O–H groups in total. The van der Waals surface area contributed by atoms with E-state index in [9.17, 15) is 15.3 Å². The Balaban J connectivity index is 1.82. The van der Waals surface area contributed by atoms with E-state index in [-0.39, 0.29) is 23.6 Å². The van der Waals surface area contributed by atoms with Crippen molar-refractivity contribution in [2.75, 3.05) is 12.8 Å². The summed E-state index contributed by atoms with van der Waals surface area (Å²) in [6.07, 6.45) is 0. The third-order valence-electron chi connectivity index (χ3n) is 5.74. The molecule has 3 heterocycles. The molecular weight excluding hydrogens is 360 g/mol. The van der Waals surface area contributed by atoms with Crippen molar-refractivity contribution < 1.29 is 15.3 Å². The lowest BCUT2D eigenvalue weighted by Crippen LogP contribution is -2.33. The van der Waals surface area contributed by atoms with Gasteiger partial charge in [-0.3, -0.25) is 9.47 Å². The predicted octanol–water partition coefficient (Wildman–Crippen LogP) is 3.90. The highest BCUT2D eigenvalue weighted by molar-refractivity contribution is 8.00. The first-order valence-corrected chi connectivity index (χ1v) is 9.93. The van der Waals surface area contributed by atoms with E-state index in [4.69, 9.17) is 0 Å². The largest absolute Gasteiger partial charge is 0.508 e. The maximum atomic E-state index is 11.2. The molecule has 0 saturated carbocycles. The van der Waals surface area contributed by atoms with Crippen molar-refractivity contribution in [3.63, 3.8) is 0 Å². The summed E-state index contributed by atoms with van der Waals surface area (Å²) < 4.78 is 1.47. The first-order valence-electron chi connectivity index (χ1n) is 8.95. The Morgan fingerprint density at radius 3 is 2.41 bits per heavy atom. The molecule has 2 aliphatic heterocycles. The summed E-state index contributed by atoms with van der Waals surface area (Å²) in [6.45, 7) is 2.11. The van der Waals surface area contributed by atoms with Crippen LogP contribution in [-0.4, -0.2) is 37.6 Å². The molecule has 0 amide bonds. The molecular formula is C21H20N2O3S. The molecule has 0 radical (unpaired) electrons. The SMILES string of the molecule is CCSC12c3ccccc3C(c3c1c(O)n(-c1ccc(O)cc1)c3O)N2C. The minimum absolute atomic E-state index is 0.0537. The van der Waals surface area contributed by atoms with Gasteiger partial charge in [-0.15, -0.1) is 11.8 Å². The van der Waals surface area contributed by atoms with Gasteiger partial charge < -0.3 is 15.3 Å². The molecule has 0 aliphatic carbocycles. The maximum absolute atomic E-state index is 11.2. The number of hydrogen-bond donors (Lipinski definition) is 3. The van der Waals surface area contributed by atoms with Gasteiger partial charge >= 0.3 is 0 Å². The topological polar surface area (TPSA) is 68.9 Å². The summed E-state index contributed by atoms with van der Waals surface area (Å²) in [5.74, 6) is 1.12. The molecule has 5 nitrogen and oxygen atoms in total. The Kier molecular flexibility index (Phi) is 3.36. The summed E-state index contributed by atoms with van der Waals surface area (Å²) in [6, 6.07) is 14.6. The molecule has 2 aromatic carbocycles. The predicted molar refractivity (Wildman–Crippen MR) is 106 cm³/mol. The monoisotopic (exact) mass is 380 g/mol. The van der Waals surface area contributed by atoms with Crippen molar-refractivity contribution in [2.45, 2.75) is 17.8 Å². The van der Waals surface area contributed by atoms with Crippen LogP contribution in [0, 0.1) is 0 Å². The lowest BCUT2D eigenvalue weighted by molar-refractivity contribution is 0.257. The van der Waals surface area contributed by atoms with Gasteiger partial charge in [0, 0.05) is 5.56 Å². The molecule has 0 fully saturated rings. The van der Waals surface area contributed by atoms with Crippen LogP contribution < -0.4 is 0 Å². The average molecular weight is 380 g/mol. The number of phenols is 1. The van der Waals surface area contributed by atoms with E-state index in [0.717, 1.165) is 16.9 Å². The molecule has 1 aromatic heterocycles. The van der Waals surface area contributed by atoms with Crippen LogP contribution in [0.5, 0.6) is 17.5 Å². The van der Waals surface area contributed by atoms with Crippen LogP contribution >= 0.6 is 11.8 Å². The quantitative estimate of drug-likeness (QED) is 0.643. The first-order chi connectivity index (χ1) is 13.0. The van der Waals surface area contributed by atoms with Crippen molar-refractivity contribution in [3.8, 4) is 23.2 Å². The van der Waals surface area contributed by atoms with Gasteiger partial charge in [0.15, 0.2) is 0 Å². The first kappa shape index (κ1) is 16.6. The van der Waals surface area contributed by atoms with E-state index in [2.05, 4.69) is 31.0 Å². The van der Waals surface area contributed by atoms with Crippen LogP contribution in [0.1, 0.15) is 35.2 Å². The second kappa shape index (κ2) is 5.47. The molecule has 6 heteroatoms. The molecule has 27 heavy (non-hydrogen) atoms. The molecule has 5 rings (SSSR count). The number of nitrogens with zero attached hydrogens (tertiary/aromatic N) is 2. The van der Waals surface area contributed by atoms with Crippen molar-refractivity contribution in [1.29, 1.82) is 0 Å². The summed E-state index contributed by atoms with van der Waals surface area (Å²) >= 11 is 1.76. The fourth-order valence-corrected chi connectivity index (χ4v) is 6.16. The zero-order valence-electron chi connectivity index (χ0n) is 15.0. The molecule has 3 aromatic rings. The Morgan fingerprint density at radius 2 is 1.70 bits per heavy atom. The third-order valence-corrected chi connectivity index (χ3v) is 7.15. The van der Waals surface area contributed by atoms with Gasteiger partial charge in [-0.2, -0.15) is 0 Å². The Hall–Kier alpha value is -2.57. The molecule has 2 aliphatic rings. The molecule has 0 saturated heterocycles. The number of rotatable bonds is 3. The van der Waals surface area contributed by atoms with E-state index in [0.29, 0.717) is 5.69 Å². The van der Waals surface area contributed by atoms with E-state index in [1.54, 1.807) is 36.0 Å². The molecule has 2 unspecified atom stereocenters. The Morgan fingerprint density at radius 1 is 1.00 bits per heavy atom. The van der Waals surface area contributed by atoms with Crippen LogP contribution in [0.15, 0.2) is 48.5 Å². The number of aromatic hydroxyl groups is 3. The van der Waals surface area contributed by atoms with Gasteiger partial charge in [0.25, 0.3) is 0 Å². The van der Waals surface area contributed by atoms with Crippen LogP contribution in [0.3, 0.4) is 0 Å². The van der Waals surface area contributed by atoms with Gasteiger partial charge in [0.05, 0.1) is 17.3 Å². The maximum Gasteiger partial charge on any atom is 0.205 e. The molecule has 2 atom stereocenters. The molecule has 138 valence electrons. The van der Waals surface area contributed by atoms with Gasteiger partial charge in [0.1, 0.15) is 10.6 Å². The lowest BCUT2D eigenvalue weighted by atomic mass is 9.88. The van der Waals surface area contributed by atoms with Crippen molar-refractivity contribution in [3.05, 3.63) is 70.8 Å². The van der Waals surface area contributed by atoms with E-state index in [1.165, 1.54) is 15.7 Å². The van der Waals surface area contributed by atoms with Gasteiger partial charge in [0.2, 0.25) is 11.8 Å². The van der Waals surface area contributed by atoms with E-state index in [1.807, 2.05) is 12.1 Å². The summed E-state index contributed by atoms with van der Waals surface area (Å²) in [5, 5.41) is 31.9. The third kappa shape index (κ3) is 1.84. The zero-order chi connectivity index (χ0) is 18.9. The van der Waals surface area contributed by atoms with Crippen LogP contribution in [0.2, 0.25) is 0 Å². The fourth-order valence-electron chi connectivity index (χ4n) is 4.75. The number of benzene rings is 2. The van der Waals surface area contributed by atoms with Crippen LogP contribution in [0.25, 0.3) is 5.69 Å². The number of phenolic OH excluding ortho intramolecular Hbond substituents is 1. The standard InChI is InChI=1S/C21H20N2O3S/c1-3-27-21-15-7-5-4-6-14(15)18(22(21)2)16-17(21)20(26)23(19(16)25)12-8-10-13(24)11-9-12/h4-11,18,24-26H,3H2,1-2H3. The number of hydrogen-bond acceptors (Lipinski definition) is 5. The van der Waals surface area contributed by atoms with Crippen molar-refractivity contribution >= 4 is 11.8 Å². The van der Waals surface area contributed by atoms with Crippen LogP contribution in [-0.2, 0) is 4.87 Å². The zero-order valence-corrected chi connectivity index (χ0v) is 15.9. The average Bonchev–Trinajstić information content (AvgIpc) is 3.17. The van der Waals surface area contributed by atoms with E-state index < -0.39 is 4.87 Å². The number of thioether (sulfide) groups is 1. The normalized spacial score (nSPS) is 22.8. The lowest BCUT2D eigenvalue weighted by Gasteiger charge is -2.33. The molecule has 2 bridgehead atoms. The highest BCUT2D eigenvalue weighted by Crippen LogP contribution is 2.68. The van der Waals surface area contributed by atoms with Gasteiger partial charge in [-0.25, -0.2) is 0 Å². The minimum Gasteiger partial charge on any atom is -0.508 e. The second-order valence-electron chi connectivity index (χ2n) is 6.97. The fraction of sp³-hybridized carbons (Fsp3) is 0.238. The summed E-state index contributed by atoms with van der Waals surface area (Å²) in [5.41, 5.74) is 4.50. The van der Waals surface area contributed by atoms with Gasteiger partial charge in [-0.05, 0) is 48.2 Å². The molecule has 0 spiro atoms. The van der Waals surface area contributed by atoms with Crippen LogP contribution in [0.4, 0.5) is 0 Å². The van der Waals surface area contributed by atoms with E-state index >= 15 is 0 Å². The Bertz CT molecular complexity index is 1060. The van der Waals surface area contributed by atoms with Gasteiger partial charge in [-0.1, -0.05) is 31.2 Å². The second-order valence-corrected chi connectivity index (χ2v) is 8.42. The minimum atomic E-state index is -0.519. The smallest absolute Gasteiger partial charge is 0.205 e. The van der Waals surface area contributed by atoms with Crippen molar-refractivity contribution in [2.24, 2.45) is 0 Å². The number of fused-ring (bicyclic) bond motifs is 8. The highest BCUT2D eigenvalue weighted by Gasteiger charge is 2.61. The van der Waals surface area contributed by atoms with Crippen molar-refractivity contribution in [1.82, 2.24) is 9.47 Å². The highest BCUT2D eigenvalue weighted by atomic mass is 32.2. The number of aromatic nitrogens is 1.